The zero-order valence-corrected chi connectivity index (χ0v) is 16.9. The van der Waals surface area contributed by atoms with Crippen LogP contribution in [0, 0.1) is 13.8 Å². The lowest BCUT2D eigenvalue weighted by Gasteiger charge is -2.09. The van der Waals surface area contributed by atoms with Crippen molar-refractivity contribution in [3.05, 3.63) is 74.4 Å². The van der Waals surface area contributed by atoms with Crippen molar-refractivity contribution >= 4 is 22.6 Å². The predicted octanol–water partition coefficient (Wildman–Crippen LogP) is 1.08. The summed E-state index contributed by atoms with van der Waals surface area (Å²) in [5.74, 6) is 0.191. The summed E-state index contributed by atoms with van der Waals surface area (Å²) in [6.07, 6.45) is 2.86. The molecule has 1 amide bonds. The van der Waals surface area contributed by atoms with E-state index in [-0.39, 0.29) is 16.6 Å². The van der Waals surface area contributed by atoms with Gasteiger partial charge >= 0.3 is 5.69 Å². The number of pyridine rings is 2. The zero-order chi connectivity index (χ0) is 21.6. The van der Waals surface area contributed by atoms with E-state index in [9.17, 15) is 14.4 Å². The van der Waals surface area contributed by atoms with Crippen LogP contribution in [0.5, 0.6) is 0 Å². The van der Waals surface area contributed by atoms with Gasteiger partial charge in [-0.05, 0) is 38.1 Å². The van der Waals surface area contributed by atoms with Crippen molar-refractivity contribution in [3.63, 3.8) is 0 Å². The first kappa shape index (κ1) is 19.2. The molecule has 0 saturated carbocycles. The van der Waals surface area contributed by atoms with E-state index >= 15 is 0 Å². The largest absolute Gasteiger partial charge is 0.332 e. The number of carbonyl (C=O) groups excluding carboxylic acids is 1. The maximum absolute atomic E-state index is 12.6. The minimum absolute atomic E-state index is 0.185. The van der Waals surface area contributed by atoms with Gasteiger partial charge in [-0.3, -0.25) is 18.7 Å². The SMILES string of the molecule is Cc1cc(C)n(-c2ccc(NC(=O)c3cnc4c(c3)c(=O)n(C)c(=O)n4C)cn2)n1. The predicted molar refractivity (Wildman–Crippen MR) is 111 cm³/mol. The Morgan fingerprint density at radius 1 is 1.00 bits per heavy atom. The van der Waals surface area contributed by atoms with Crippen molar-refractivity contribution in [1.29, 1.82) is 0 Å². The molecule has 0 aromatic carbocycles. The minimum Gasteiger partial charge on any atom is -0.321 e. The fraction of sp³-hybridized carbons (Fsp3) is 0.200. The third kappa shape index (κ3) is 3.17. The fourth-order valence-electron chi connectivity index (χ4n) is 3.24. The Labute approximate surface area is 170 Å². The molecule has 0 aliphatic rings. The summed E-state index contributed by atoms with van der Waals surface area (Å²) in [6, 6.07) is 6.84. The lowest BCUT2D eigenvalue weighted by molar-refractivity contribution is 0.102. The van der Waals surface area contributed by atoms with E-state index in [0.717, 1.165) is 16.0 Å². The van der Waals surface area contributed by atoms with Gasteiger partial charge in [-0.25, -0.2) is 19.4 Å². The average Bonchev–Trinajstić information content (AvgIpc) is 3.08. The van der Waals surface area contributed by atoms with Crippen LogP contribution in [0.2, 0.25) is 0 Å². The highest BCUT2D eigenvalue weighted by Gasteiger charge is 2.14. The number of hydrogen-bond acceptors (Lipinski definition) is 6. The van der Waals surface area contributed by atoms with Crippen LogP contribution in [0.4, 0.5) is 5.69 Å². The van der Waals surface area contributed by atoms with Crippen LogP contribution < -0.4 is 16.6 Å². The number of aromatic nitrogens is 6. The maximum atomic E-state index is 12.6. The van der Waals surface area contributed by atoms with Crippen molar-refractivity contribution in [2.45, 2.75) is 13.8 Å². The Morgan fingerprint density at radius 2 is 1.77 bits per heavy atom. The summed E-state index contributed by atoms with van der Waals surface area (Å²) in [7, 11) is 2.90. The molecule has 0 fully saturated rings. The number of anilines is 1. The van der Waals surface area contributed by atoms with E-state index in [2.05, 4.69) is 20.4 Å². The summed E-state index contributed by atoms with van der Waals surface area (Å²) in [4.78, 5) is 45.5. The summed E-state index contributed by atoms with van der Waals surface area (Å²) in [5.41, 5.74) is 1.75. The van der Waals surface area contributed by atoms with Crippen LogP contribution in [0.25, 0.3) is 16.9 Å². The van der Waals surface area contributed by atoms with Crippen molar-refractivity contribution in [2.75, 3.05) is 5.32 Å². The molecule has 10 nitrogen and oxygen atoms in total. The number of aryl methyl sites for hydroxylation is 3. The first-order valence-corrected chi connectivity index (χ1v) is 9.13. The molecule has 1 N–H and O–H groups in total. The Kier molecular flexibility index (Phi) is 4.53. The maximum Gasteiger partial charge on any atom is 0.332 e. The van der Waals surface area contributed by atoms with Crippen LogP contribution in [0.1, 0.15) is 21.7 Å². The molecule has 0 saturated heterocycles. The van der Waals surface area contributed by atoms with Crippen LogP contribution >= 0.6 is 0 Å². The molecule has 152 valence electrons. The highest BCUT2D eigenvalue weighted by Crippen LogP contribution is 2.14. The van der Waals surface area contributed by atoms with Crippen molar-refractivity contribution in [2.24, 2.45) is 14.1 Å². The molecule has 0 atom stereocenters. The molecular formula is C20H19N7O3. The normalized spacial score (nSPS) is 11.1. The first-order chi connectivity index (χ1) is 14.3. The molecule has 4 heterocycles. The average molecular weight is 405 g/mol. The third-order valence-electron chi connectivity index (χ3n) is 4.79. The molecular weight excluding hydrogens is 386 g/mol. The Morgan fingerprint density at radius 3 is 2.40 bits per heavy atom. The number of fused-ring (bicyclic) bond motifs is 1. The Hall–Kier alpha value is -4.08. The standard InChI is InChI=1S/C20H19N7O3/c1-11-7-12(2)27(24-11)16-6-5-14(10-21-16)23-18(28)13-8-15-17(22-9-13)25(3)20(30)26(4)19(15)29/h5-10H,1-4H3,(H,23,28). The summed E-state index contributed by atoms with van der Waals surface area (Å²) >= 11 is 0. The van der Waals surface area contributed by atoms with Gasteiger partial charge < -0.3 is 5.32 Å². The molecule has 0 aliphatic heterocycles. The quantitative estimate of drug-likeness (QED) is 0.545. The van der Waals surface area contributed by atoms with E-state index in [1.54, 1.807) is 16.8 Å². The number of rotatable bonds is 3. The van der Waals surface area contributed by atoms with E-state index in [4.69, 9.17) is 0 Å². The highest BCUT2D eigenvalue weighted by atomic mass is 16.2. The van der Waals surface area contributed by atoms with Gasteiger partial charge in [0.1, 0.15) is 5.65 Å². The zero-order valence-electron chi connectivity index (χ0n) is 16.9. The van der Waals surface area contributed by atoms with E-state index in [0.29, 0.717) is 11.5 Å². The lowest BCUT2D eigenvalue weighted by Crippen LogP contribution is -2.37. The molecule has 4 rings (SSSR count). The van der Waals surface area contributed by atoms with Gasteiger partial charge in [-0.2, -0.15) is 5.10 Å². The van der Waals surface area contributed by atoms with Crippen LogP contribution in [-0.4, -0.2) is 34.8 Å². The highest BCUT2D eigenvalue weighted by molar-refractivity contribution is 6.05. The van der Waals surface area contributed by atoms with Gasteiger partial charge in [0, 0.05) is 26.0 Å². The van der Waals surface area contributed by atoms with Gasteiger partial charge in [0.25, 0.3) is 11.5 Å². The number of amides is 1. The molecule has 10 heteroatoms. The monoisotopic (exact) mass is 405 g/mol. The van der Waals surface area contributed by atoms with Crippen molar-refractivity contribution < 1.29 is 4.79 Å². The lowest BCUT2D eigenvalue weighted by atomic mass is 10.2. The third-order valence-corrected chi connectivity index (χ3v) is 4.79. The van der Waals surface area contributed by atoms with Crippen molar-refractivity contribution in [1.82, 2.24) is 28.9 Å². The van der Waals surface area contributed by atoms with Crippen molar-refractivity contribution in [3.8, 4) is 5.82 Å². The number of nitrogens with zero attached hydrogens (tertiary/aromatic N) is 6. The summed E-state index contributed by atoms with van der Waals surface area (Å²) in [5, 5.41) is 7.30. The molecule has 4 aromatic heterocycles. The molecule has 0 radical (unpaired) electrons. The molecule has 0 spiro atoms. The molecule has 0 unspecified atom stereocenters. The smallest absolute Gasteiger partial charge is 0.321 e. The fourth-order valence-corrected chi connectivity index (χ4v) is 3.24. The molecule has 30 heavy (non-hydrogen) atoms. The van der Waals surface area contributed by atoms with Gasteiger partial charge in [0.15, 0.2) is 5.82 Å². The topological polar surface area (TPSA) is 117 Å². The second kappa shape index (κ2) is 7.07. The molecule has 4 aromatic rings. The first-order valence-electron chi connectivity index (χ1n) is 9.13. The number of nitrogens with one attached hydrogen (secondary N) is 1. The van der Waals surface area contributed by atoms with Gasteiger partial charge in [0.2, 0.25) is 0 Å². The minimum atomic E-state index is -0.508. The molecule has 0 aliphatic carbocycles. The van der Waals surface area contributed by atoms with Crippen LogP contribution in [0.3, 0.4) is 0 Å². The number of carbonyl (C=O) groups is 1. The van der Waals surface area contributed by atoms with Gasteiger partial charge in [0.05, 0.1) is 28.5 Å². The Balaban J connectivity index is 1.62. The second-order valence-corrected chi connectivity index (χ2v) is 7.00. The Bertz CT molecular complexity index is 1410. The van der Waals surface area contributed by atoms with Gasteiger partial charge in [-0.1, -0.05) is 0 Å². The van der Waals surface area contributed by atoms with E-state index in [1.165, 1.54) is 37.1 Å². The summed E-state index contributed by atoms with van der Waals surface area (Å²) in [6.45, 7) is 3.84. The van der Waals surface area contributed by atoms with Gasteiger partial charge in [-0.15, -0.1) is 0 Å². The van der Waals surface area contributed by atoms with E-state index in [1.807, 2.05) is 19.9 Å². The van der Waals surface area contributed by atoms with Crippen LogP contribution in [0.15, 0.2) is 46.2 Å². The van der Waals surface area contributed by atoms with E-state index < -0.39 is 17.2 Å². The number of hydrogen-bond donors (Lipinski definition) is 1. The van der Waals surface area contributed by atoms with Crippen LogP contribution in [-0.2, 0) is 14.1 Å². The summed E-state index contributed by atoms with van der Waals surface area (Å²) < 4.78 is 3.96. The molecule has 0 bridgehead atoms. The second-order valence-electron chi connectivity index (χ2n) is 7.00.